The van der Waals surface area contributed by atoms with Crippen LogP contribution in [0, 0.1) is 23.7 Å². The molecule has 13 heteroatoms. The van der Waals surface area contributed by atoms with Gasteiger partial charge in [-0.25, -0.2) is 19.7 Å². The van der Waals surface area contributed by atoms with Gasteiger partial charge in [-0.3, -0.25) is 9.59 Å². The predicted molar refractivity (Wildman–Crippen MR) is 187 cm³/mol. The second kappa shape index (κ2) is 12.2. The first-order valence-electron chi connectivity index (χ1n) is 18.1. The molecule has 4 bridgehead atoms. The summed E-state index contributed by atoms with van der Waals surface area (Å²) in [5, 5.41) is 2.82. The van der Waals surface area contributed by atoms with Gasteiger partial charge in [-0.15, -0.1) is 0 Å². The van der Waals surface area contributed by atoms with Crippen molar-refractivity contribution in [3.63, 3.8) is 0 Å². The molecular weight excluding hydrogens is 678 g/mol. The van der Waals surface area contributed by atoms with Crippen LogP contribution in [0.15, 0.2) is 36.5 Å². The van der Waals surface area contributed by atoms with Gasteiger partial charge >= 0.3 is 12.1 Å². The number of aromatic nitrogens is 2. The van der Waals surface area contributed by atoms with Crippen LogP contribution in [0.2, 0.25) is 25.7 Å². The summed E-state index contributed by atoms with van der Waals surface area (Å²) < 4.78 is 56.5. The number of hydrogen-bond donors (Lipinski definition) is 1. The highest BCUT2D eigenvalue weighted by atomic mass is 28.3. The molecular formula is C38H47F3N4O5Si. The number of carbonyl (C=O) groups excluding carboxylic acids is 3. The summed E-state index contributed by atoms with van der Waals surface area (Å²) in [4.78, 5) is 51.5. The Hall–Kier alpha value is -3.74. The number of esters is 1. The largest absolute Gasteiger partial charge is 0.494 e. The van der Waals surface area contributed by atoms with E-state index in [9.17, 15) is 27.6 Å². The number of nitrogens with one attached hydrogen (secondary N) is 1. The van der Waals surface area contributed by atoms with Crippen molar-refractivity contribution >= 4 is 37.5 Å². The van der Waals surface area contributed by atoms with Crippen LogP contribution in [0.1, 0.15) is 87.3 Å². The number of amides is 2. The molecule has 9 nitrogen and oxygen atoms in total. The van der Waals surface area contributed by atoms with Crippen LogP contribution in [0.5, 0.6) is 5.75 Å². The molecule has 1 N–H and O–H groups in total. The Kier molecular flexibility index (Phi) is 8.50. The molecule has 1 unspecified atom stereocenters. The first kappa shape index (κ1) is 35.7. The molecule has 1 atom stereocenters. The number of hydrogen-bond acceptors (Lipinski definition) is 7. The first-order valence-corrected chi connectivity index (χ1v) is 21.8. The van der Waals surface area contributed by atoms with E-state index in [2.05, 4.69) is 34.9 Å². The van der Waals surface area contributed by atoms with E-state index in [0.717, 1.165) is 23.6 Å². The van der Waals surface area contributed by atoms with E-state index >= 15 is 0 Å². The average molecular weight is 725 g/mol. The molecule has 2 aromatic rings. The Balaban J connectivity index is 1.24. The van der Waals surface area contributed by atoms with E-state index in [0.29, 0.717) is 74.0 Å². The molecule has 0 saturated heterocycles. The number of fused-ring (bicyclic) bond motifs is 2. The molecule has 274 valence electrons. The zero-order valence-corrected chi connectivity index (χ0v) is 31.2. The van der Waals surface area contributed by atoms with Crippen molar-refractivity contribution < 1.29 is 37.0 Å². The highest BCUT2D eigenvalue weighted by Crippen LogP contribution is 2.59. The summed E-state index contributed by atoms with van der Waals surface area (Å²) in [6.45, 7) is 12.5. The Morgan fingerprint density at radius 1 is 1.04 bits per heavy atom. The number of halogens is 3. The van der Waals surface area contributed by atoms with E-state index in [-0.39, 0.29) is 11.8 Å². The molecule has 1 aliphatic heterocycles. The standard InChI is InChI=1S/C38H47F3N4O5Si/c1-35(2,3)50-33(48)37(24-16-22-15-23(18-24)19-25(37)17-22)44-31(46)27-21-42-34(43-30(27)38(39,40)41)45-29-10-9-26(49-13-14-51(4,5)6)20-28(29)36(32(45)47)11-7-8-12-36/h7,9-11,20-25H,8,12-19H2,1-6H3,(H,44,46). The molecule has 8 rings (SSSR count). The Bertz CT molecular complexity index is 1770. The lowest BCUT2D eigenvalue weighted by atomic mass is 9.48. The molecule has 51 heavy (non-hydrogen) atoms. The zero-order chi connectivity index (χ0) is 36.7. The normalized spacial score (nSPS) is 29.5. The van der Waals surface area contributed by atoms with Crippen molar-refractivity contribution in [1.82, 2.24) is 15.3 Å². The van der Waals surface area contributed by atoms with Gasteiger partial charge in [0.05, 0.1) is 23.3 Å². The second-order valence-corrected chi connectivity index (χ2v) is 23.1. The van der Waals surface area contributed by atoms with Crippen molar-refractivity contribution in [3.8, 4) is 5.75 Å². The van der Waals surface area contributed by atoms with Gasteiger partial charge in [0.15, 0.2) is 5.69 Å². The van der Waals surface area contributed by atoms with Gasteiger partial charge < -0.3 is 14.8 Å². The number of rotatable bonds is 8. The highest BCUT2D eigenvalue weighted by Gasteiger charge is 2.63. The first-order chi connectivity index (χ1) is 23.8. The number of allylic oxidation sites excluding steroid dienone is 1. The summed E-state index contributed by atoms with van der Waals surface area (Å²) in [5.41, 5.74) is -4.72. The molecule has 1 aromatic heterocycles. The minimum atomic E-state index is -5.07. The molecule has 2 amide bonds. The Labute approximate surface area is 297 Å². The number of carbonyl (C=O) groups is 3. The maximum atomic E-state index is 14.9. The smallest absolute Gasteiger partial charge is 0.434 e. The molecule has 0 radical (unpaired) electrons. The lowest BCUT2D eigenvalue weighted by molar-refractivity contribution is -0.180. The van der Waals surface area contributed by atoms with E-state index in [1.807, 2.05) is 6.08 Å². The zero-order valence-electron chi connectivity index (χ0n) is 30.2. The lowest BCUT2D eigenvalue weighted by Crippen LogP contribution is -2.71. The molecule has 4 fully saturated rings. The van der Waals surface area contributed by atoms with Crippen molar-refractivity contribution in [2.45, 2.75) is 114 Å². The van der Waals surface area contributed by atoms with Crippen LogP contribution in [-0.4, -0.2) is 53.6 Å². The SMILES string of the molecule is CC(C)(C)OC(=O)C1(NC(=O)c2cnc(N3C(=O)C4(C=CCC4)c4cc(OCC[Si](C)(C)C)ccc43)nc2C(F)(F)F)C2CC3CC(C2)CC1C3. The monoisotopic (exact) mass is 724 g/mol. The fourth-order valence-electron chi connectivity index (χ4n) is 9.33. The minimum Gasteiger partial charge on any atom is -0.494 e. The molecule has 2 heterocycles. The number of benzene rings is 1. The van der Waals surface area contributed by atoms with Crippen molar-refractivity contribution in [3.05, 3.63) is 53.4 Å². The summed E-state index contributed by atoms with van der Waals surface area (Å²) in [5.74, 6) is -1.73. The number of anilines is 2. The lowest BCUT2D eigenvalue weighted by Gasteiger charge is -2.59. The van der Waals surface area contributed by atoms with Crippen LogP contribution >= 0.6 is 0 Å². The minimum absolute atomic E-state index is 0.249. The second-order valence-electron chi connectivity index (χ2n) is 17.5. The topological polar surface area (TPSA) is 111 Å². The van der Waals surface area contributed by atoms with Crippen LogP contribution in [0.4, 0.5) is 24.8 Å². The predicted octanol–water partition coefficient (Wildman–Crippen LogP) is 7.74. The third kappa shape index (κ3) is 6.26. The third-order valence-electron chi connectivity index (χ3n) is 11.5. The summed E-state index contributed by atoms with van der Waals surface area (Å²) in [6, 6.07) is 6.09. The summed E-state index contributed by atoms with van der Waals surface area (Å²) in [6.07, 6.45) is 4.38. The summed E-state index contributed by atoms with van der Waals surface area (Å²) in [7, 11) is -1.36. The van der Waals surface area contributed by atoms with Crippen molar-refractivity contribution in [1.29, 1.82) is 0 Å². The maximum absolute atomic E-state index is 14.9. The van der Waals surface area contributed by atoms with E-state index < -0.39 is 65.8 Å². The van der Waals surface area contributed by atoms with Gasteiger partial charge in [-0.2, -0.15) is 13.2 Å². The van der Waals surface area contributed by atoms with Gasteiger partial charge in [0.1, 0.15) is 16.9 Å². The van der Waals surface area contributed by atoms with E-state index in [1.54, 1.807) is 45.0 Å². The quantitative estimate of drug-likeness (QED) is 0.169. The fraction of sp³-hybridized carbons (Fsp3) is 0.605. The van der Waals surface area contributed by atoms with Crippen LogP contribution in [0.25, 0.3) is 0 Å². The van der Waals surface area contributed by atoms with Crippen molar-refractivity contribution in [2.24, 2.45) is 23.7 Å². The number of ether oxygens (including phenoxy) is 2. The molecule has 1 spiro atoms. The maximum Gasteiger partial charge on any atom is 0.434 e. The molecule has 6 aliphatic rings. The highest BCUT2D eigenvalue weighted by molar-refractivity contribution is 6.76. The van der Waals surface area contributed by atoms with Gasteiger partial charge in [0.25, 0.3) is 5.91 Å². The Morgan fingerprint density at radius 2 is 1.71 bits per heavy atom. The van der Waals surface area contributed by atoms with Gasteiger partial charge in [0.2, 0.25) is 11.9 Å². The molecule has 5 aliphatic carbocycles. The fourth-order valence-corrected chi connectivity index (χ4v) is 10.0. The number of alkyl halides is 3. The van der Waals surface area contributed by atoms with Crippen molar-refractivity contribution in [2.75, 3.05) is 11.5 Å². The van der Waals surface area contributed by atoms with Gasteiger partial charge in [-0.1, -0.05) is 31.8 Å². The Morgan fingerprint density at radius 3 is 2.27 bits per heavy atom. The third-order valence-corrected chi connectivity index (χ3v) is 13.2. The number of nitrogens with zero attached hydrogens (tertiary/aromatic N) is 3. The molecule has 1 aromatic carbocycles. The van der Waals surface area contributed by atoms with E-state index in [1.165, 1.54) is 0 Å². The van der Waals surface area contributed by atoms with Gasteiger partial charge in [0, 0.05) is 14.3 Å². The van der Waals surface area contributed by atoms with Crippen LogP contribution < -0.4 is 15.0 Å². The van der Waals surface area contributed by atoms with Gasteiger partial charge in [-0.05, 0) is 119 Å². The molecule has 4 saturated carbocycles. The van der Waals surface area contributed by atoms with Crippen LogP contribution in [0.3, 0.4) is 0 Å². The average Bonchev–Trinajstić information content (AvgIpc) is 3.60. The van der Waals surface area contributed by atoms with Crippen LogP contribution in [-0.2, 0) is 25.9 Å². The summed E-state index contributed by atoms with van der Waals surface area (Å²) >= 11 is 0. The van der Waals surface area contributed by atoms with E-state index in [4.69, 9.17) is 9.47 Å².